The molecule has 134 valence electrons. The van der Waals surface area contributed by atoms with Crippen molar-refractivity contribution in [3.63, 3.8) is 0 Å². The average molecular weight is 361 g/mol. The lowest BCUT2D eigenvalue weighted by Crippen LogP contribution is -2.33. The first-order valence-electron chi connectivity index (χ1n) is 8.82. The van der Waals surface area contributed by atoms with Crippen molar-refractivity contribution in [3.05, 3.63) is 29.0 Å². The first-order chi connectivity index (χ1) is 12.0. The monoisotopic (exact) mass is 360 g/mol. The highest BCUT2D eigenvalue weighted by atomic mass is 35.5. The van der Waals surface area contributed by atoms with Crippen molar-refractivity contribution in [3.8, 4) is 0 Å². The minimum atomic E-state index is -0.0185. The summed E-state index contributed by atoms with van der Waals surface area (Å²) in [5, 5.41) is 3.89. The van der Waals surface area contributed by atoms with Crippen LogP contribution in [0, 0.1) is 5.92 Å². The number of nitrogens with one attached hydrogen (secondary N) is 1. The van der Waals surface area contributed by atoms with Crippen molar-refractivity contribution in [1.82, 2.24) is 14.9 Å². The van der Waals surface area contributed by atoms with E-state index in [1.54, 1.807) is 19.2 Å². The number of aromatic nitrogens is 2. The molecule has 0 bridgehead atoms. The summed E-state index contributed by atoms with van der Waals surface area (Å²) in [5.74, 6) is 0.591. The topological polar surface area (TPSA) is 58.1 Å². The first-order valence-corrected chi connectivity index (χ1v) is 9.20. The standard InChI is InChI=1S/C19H25ClN4O/c1-12(25)15-11-21-16-8-9-17(20)23-19(16)18(15)22-10-13-4-6-14(7-5-13)24(2)3/h8-9,11,13-14H,4-7,10H2,1-3H3,(H,21,22). The zero-order valence-electron chi connectivity index (χ0n) is 15.1. The fraction of sp³-hybridized carbons (Fsp3) is 0.526. The molecule has 3 rings (SSSR count). The molecule has 1 N–H and O–H groups in total. The predicted molar refractivity (Wildman–Crippen MR) is 102 cm³/mol. The molecule has 0 saturated heterocycles. The molecule has 0 aromatic carbocycles. The molecule has 2 aromatic rings. The summed E-state index contributed by atoms with van der Waals surface area (Å²) in [6, 6.07) is 4.24. The Morgan fingerprint density at radius 3 is 2.64 bits per heavy atom. The largest absolute Gasteiger partial charge is 0.382 e. The van der Waals surface area contributed by atoms with E-state index in [0.29, 0.717) is 28.2 Å². The third-order valence-corrected chi connectivity index (χ3v) is 5.38. The number of Topliss-reactive ketones (excluding diaryl/α,β-unsaturated/α-hetero) is 1. The highest BCUT2D eigenvalue weighted by molar-refractivity contribution is 6.29. The van der Waals surface area contributed by atoms with Crippen LogP contribution in [-0.4, -0.2) is 47.3 Å². The maximum Gasteiger partial charge on any atom is 0.163 e. The molecule has 1 aliphatic carbocycles. The second-order valence-corrected chi connectivity index (χ2v) is 7.51. The van der Waals surface area contributed by atoms with Gasteiger partial charge in [0.05, 0.1) is 16.8 Å². The van der Waals surface area contributed by atoms with Crippen molar-refractivity contribution in [1.29, 1.82) is 0 Å². The molecule has 5 nitrogen and oxygen atoms in total. The van der Waals surface area contributed by atoms with Crippen LogP contribution in [0.15, 0.2) is 18.3 Å². The van der Waals surface area contributed by atoms with Crippen LogP contribution < -0.4 is 5.32 Å². The highest BCUT2D eigenvalue weighted by Gasteiger charge is 2.23. The lowest BCUT2D eigenvalue weighted by Gasteiger charge is -2.33. The van der Waals surface area contributed by atoms with E-state index in [4.69, 9.17) is 11.6 Å². The Labute approximate surface area is 153 Å². The summed E-state index contributed by atoms with van der Waals surface area (Å²) >= 11 is 6.06. The SMILES string of the molecule is CC(=O)c1cnc2ccc(Cl)nc2c1NCC1CCC(N(C)C)CC1. The number of fused-ring (bicyclic) bond motifs is 1. The summed E-state index contributed by atoms with van der Waals surface area (Å²) < 4.78 is 0. The fourth-order valence-corrected chi connectivity index (χ4v) is 3.75. The Morgan fingerprint density at radius 2 is 2.00 bits per heavy atom. The lowest BCUT2D eigenvalue weighted by molar-refractivity contribution is 0.101. The third-order valence-electron chi connectivity index (χ3n) is 5.17. The number of carbonyl (C=O) groups is 1. The van der Waals surface area contributed by atoms with Gasteiger partial charge >= 0.3 is 0 Å². The minimum absolute atomic E-state index is 0.0185. The smallest absolute Gasteiger partial charge is 0.163 e. The Hall–Kier alpha value is -1.72. The molecule has 25 heavy (non-hydrogen) atoms. The van der Waals surface area contributed by atoms with E-state index < -0.39 is 0 Å². The molecule has 6 heteroatoms. The van der Waals surface area contributed by atoms with Crippen molar-refractivity contribution >= 4 is 34.1 Å². The summed E-state index contributed by atoms with van der Waals surface area (Å²) in [4.78, 5) is 23.1. The first kappa shape index (κ1) is 18.1. The van der Waals surface area contributed by atoms with Gasteiger partial charge in [-0.15, -0.1) is 0 Å². The van der Waals surface area contributed by atoms with E-state index in [1.165, 1.54) is 25.7 Å². The van der Waals surface area contributed by atoms with Gasteiger partial charge < -0.3 is 10.2 Å². The summed E-state index contributed by atoms with van der Waals surface area (Å²) in [6.07, 6.45) is 6.47. The number of ketones is 1. The van der Waals surface area contributed by atoms with Gasteiger partial charge in [-0.05, 0) is 64.8 Å². The zero-order chi connectivity index (χ0) is 18.0. The quantitative estimate of drug-likeness (QED) is 0.644. The van der Waals surface area contributed by atoms with Crippen molar-refractivity contribution in [2.45, 2.75) is 38.6 Å². The van der Waals surface area contributed by atoms with Gasteiger partial charge in [-0.3, -0.25) is 9.78 Å². The molecule has 2 heterocycles. The van der Waals surface area contributed by atoms with Gasteiger partial charge in [0.2, 0.25) is 0 Å². The number of hydrogen-bond donors (Lipinski definition) is 1. The summed E-state index contributed by atoms with van der Waals surface area (Å²) in [6.45, 7) is 2.40. The van der Waals surface area contributed by atoms with Gasteiger partial charge in [-0.2, -0.15) is 0 Å². The van der Waals surface area contributed by atoms with E-state index in [9.17, 15) is 4.79 Å². The number of nitrogens with zero attached hydrogens (tertiary/aromatic N) is 3. The molecule has 0 amide bonds. The number of rotatable bonds is 5. The maximum atomic E-state index is 12.0. The number of halogens is 1. The predicted octanol–water partition coefficient (Wildman–Crippen LogP) is 4.02. The van der Waals surface area contributed by atoms with E-state index in [2.05, 4.69) is 34.3 Å². The van der Waals surface area contributed by atoms with Crippen LogP contribution in [0.4, 0.5) is 5.69 Å². The average Bonchev–Trinajstić information content (AvgIpc) is 2.59. The van der Waals surface area contributed by atoms with Crippen molar-refractivity contribution in [2.75, 3.05) is 26.0 Å². The van der Waals surface area contributed by atoms with Crippen molar-refractivity contribution in [2.24, 2.45) is 5.92 Å². The van der Waals surface area contributed by atoms with Crippen LogP contribution in [0.25, 0.3) is 11.0 Å². The molecule has 0 spiro atoms. The van der Waals surface area contributed by atoms with Crippen LogP contribution in [0.2, 0.25) is 5.15 Å². The van der Waals surface area contributed by atoms with Crippen LogP contribution in [-0.2, 0) is 0 Å². The molecule has 0 radical (unpaired) electrons. The molecule has 1 saturated carbocycles. The molecule has 0 aliphatic heterocycles. The highest BCUT2D eigenvalue weighted by Crippen LogP contribution is 2.30. The third kappa shape index (κ3) is 4.10. The molecule has 1 fully saturated rings. The number of anilines is 1. The molecular weight excluding hydrogens is 336 g/mol. The van der Waals surface area contributed by atoms with Gasteiger partial charge in [0.1, 0.15) is 10.7 Å². The number of pyridine rings is 2. The van der Waals surface area contributed by atoms with Crippen LogP contribution in [0.5, 0.6) is 0 Å². The Balaban J connectivity index is 1.79. The Bertz CT molecular complexity index is 769. The zero-order valence-corrected chi connectivity index (χ0v) is 15.8. The van der Waals surface area contributed by atoms with Crippen LogP contribution in [0.1, 0.15) is 43.0 Å². The van der Waals surface area contributed by atoms with Gasteiger partial charge in [-0.25, -0.2) is 4.98 Å². The fourth-order valence-electron chi connectivity index (χ4n) is 3.60. The van der Waals surface area contributed by atoms with E-state index >= 15 is 0 Å². The Morgan fingerprint density at radius 1 is 1.28 bits per heavy atom. The van der Waals surface area contributed by atoms with Crippen LogP contribution >= 0.6 is 11.6 Å². The molecule has 0 atom stereocenters. The van der Waals surface area contributed by atoms with Crippen molar-refractivity contribution < 1.29 is 4.79 Å². The van der Waals surface area contributed by atoms with E-state index in [0.717, 1.165) is 17.7 Å². The van der Waals surface area contributed by atoms with Gasteiger partial charge in [-0.1, -0.05) is 11.6 Å². The second-order valence-electron chi connectivity index (χ2n) is 7.12. The van der Waals surface area contributed by atoms with E-state index in [-0.39, 0.29) is 5.78 Å². The number of carbonyl (C=O) groups excluding carboxylic acids is 1. The van der Waals surface area contributed by atoms with Crippen LogP contribution in [0.3, 0.4) is 0 Å². The maximum absolute atomic E-state index is 12.0. The second kappa shape index (κ2) is 7.67. The molecule has 0 unspecified atom stereocenters. The lowest BCUT2D eigenvalue weighted by atomic mass is 9.85. The molecular formula is C19H25ClN4O. The summed E-state index contributed by atoms with van der Waals surface area (Å²) in [5.41, 5.74) is 2.74. The molecule has 2 aromatic heterocycles. The van der Waals surface area contributed by atoms with E-state index in [1.807, 2.05) is 6.07 Å². The van der Waals surface area contributed by atoms with Gasteiger partial charge in [0.25, 0.3) is 0 Å². The normalized spacial score (nSPS) is 20.8. The van der Waals surface area contributed by atoms with Gasteiger partial charge in [0, 0.05) is 18.8 Å². The Kier molecular flexibility index (Phi) is 5.54. The summed E-state index contributed by atoms with van der Waals surface area (Å²) in [7, 11) is 4.31. The van der Waals surface area contributed by atoms with Gasteiger partial charge in [0.15, 0.2) is 5.78 Å². The molecule has 1 aliphatic rings. The minimum Gasteiger partial charge on any atom is -0.382 e. The number of hydrogen-bond acceptors (Lipinski definition) is 5.